The molecule has 1 heterocycles. The minimum atomic E-state index is -0.156. The number of halogens is 1. The van der Waals surface area contributed by atoms with Gasteiger partial charge in [-0.25, -0.2) is 4.98 Å². The van der Waals surface area contributed by atoms with Crippen LogP contribution >= 0.6 is 11.6 Å². The molecule has 1 atom stereocenters. The zero-order valence-corrected chi connectivity index (χ0v) is 11.0. The van der Waals surface area contributed by atoms with E-state index in [1.807, 2.05) is 18.2 Å². The summed E-state index contributed by atoms with van der Waals surface area (Å²) in [5.74, 6) is 0.916. The molecule has 0 bridgehead atoms. The van der Waals surface area contributed by atoms with Crippen molar-refractivity contribution in [2.24, 2.45) is 5.73 Å². The fourth-order valence-electron chi connectivity index (χ4n) is 2.34. The van der Waals surface area contributed by atoms with E-state index in [1.54, 1.807) is 7.11 Å². The first kappa shape index (κ1) is 12.0. The van der Waals surface area contributed by atoms with E-state index in [1.165, 1.54) is 12.8 Å². The molecule has 18 heavy (non-hydrogen) atoms. The van der Waals surface area contributed by atoms with Gasteiger partial charge in [-0.1, -0.05) is 11.6 Å². The lowest BCUT2D eigenvalue weighted by Crippen LogP contribution is -2.18. The van der Waals surface area contributed by atoms with Crippen LogP contribution in [0.15, 0.2) is 18.2 Å². The van der Waals surface area contributed by atoms with Crippen molar-refractivity contribution >= 4 is 22.6 Å². The lowest BCUT2D eigenvalue weighted by Gasteiger charge is -2.15. The van der Waals surface area contributed by atoms with Gasteiger partial charge in [0.25, 0.3) is 0 Å². The summed E-state index contributed by atoms with van der Waals surface area (Å²) in [5, 5.41) is 0.705. The number of hydrogen-bond acceptors (Lipinski definition) is 3. The van der Waals surface area contributed by atoms with Gasteiger partial charge in [-0.15, -0.1) is 0 Å². The first-order chi connectivity index (χ1) is 8.74. The molecule has 1 aromatic heterocycles. The van der Waals surface area contributed by atoms with Crippen molar-refractivity contribution in [1.29, 1.82) is 0 Å². The Bertz CT molecular complexity index is 573. The monoisotopic (exact) mass is 265 g/mol. The van der Waals surface area contributed by atoms with E-state index in [0.29, 0.717) is 17.6 Å². The molecule has 1 unspecified atom stereocenters. The van der Waals surface area contributed by atoms with Crippen molar-refractivity contribution < 1.29 is 4.74 Å². The van der Waals surface area contributed by atoms with Crippen molar-refractivity contribution in [2.45, 2.75) is 25.0 Å². The minimum Gasteiger partial charge on any atom is -0.372 e. The maximum atomic E-state index is 6.02. The van der Waals surface area contributed by atoms with Crippen molar-refractivity contribution in [3.05, 3.63) is 29.0 Å². The lowest BCUT2D eigenvalue weighted by atomic mass is 10.3. The second kappa shape index (κ2) is 4.53. The topological polar surface area (TPSA) is 53.1 Å². The summed E-state index contributed by atoms with van der Waals surface area (Å²) in [6, 6.07) is 6.35. The van der Waals surface area contributed by atoms with E-state index in [9.17, 15) is 0 Å². The van der Waals surface area contributed by atoms with Crippen molar-refractivity contribution in [3.8, 4) is 0 Å². The van der Waals surface area contributed by atoms with E-state index < -0.39 is 0 Å². The highest BCUT2D eigenvalue weighted by Crippen LogP contribution is 2.40. The first-order valence-electron chi connectivity index (χ1n) is 6.15. The van der Waals surface area contributed by atoms with Crippen LogP contribution < -0.4 is 5.73 Å². The second-order valence-corrected chi connectivity index (χ2v) is 5.10. The lowest BCUT2D eigenvalue weighted by molar-refractivity contribution is 0.100. The predicted molar refractivity (Wildman–Crippen MR) is 71.8 cm³/mol. The number of aromatic nitrogens is 2. The van der Waals surface area contributed by atoms with Gasteiger partial charge in [0.15, 0.2) is 0 Å². The number of imidazole rings is 1. The number of benzene rings is 1. The molecule has 0 aliphatic heterocycles. The fourth-order valence-corrected chi connectivity index (χ4v) is 2.51. The molecule has 4 nitrogen and oxygen atoms in total. The molecule has 1 fully saturated rings. The number of nitrogens with two attached hydrogens (primary N) is 1. The average Bonchev–Trinajstić information content (AvgIpc) is 3.13. The third kappa shape index (κ3) is 1.90. The summed E-state index contributed by atoms with van der Waals surface area (Å²) >= 11 is 6.02. The Labute approximate surface area is 111 Å². The molecule has 2 aromatic rings. The molecule has 0 saturated heterocycles. The summed E-state index contributed by atoms with van der Waals surface area (Å²) in [6.07, 6.45) is 2.24. The number of methoxy groups -OCH3 is 1. The van der Waals surface area contributed by atoms with Gasteiger partial charge >= 0.3 is 0 Å². The van der Waals surface area contributed by atoms with Gasteiger partial charge in [-0.2, -0.15) is 0 Å². The zero-order chi connectivity index (χ0) is 12.7. The van der Waals surface area contributed by atoms with E-state index in [0.717, 1.165) is 16.9 Å². The fraction of sp³-hybridized carbons (Fsp3) is 0.462. The number of rotatable bonds is 4. The molecule has 2 N–H and O–H groups in total. The predicted octanol–water partition coefficient (Wildman–Crippen LogP) is 2.67. The van der Waals surface area contributed by atoms with E-state index in [4.69, 9.17) is 22.1 Å². The molecule has 1 aromatic carbocycles. The maximum Gasteiger partial charge on any atom is 0.140 e. The van der Waals surface area contributed by atoms with Crippen molar-refractivity contribution in [1.82, 2.24) is 9.55 Å². The van der Waals surface area contributed by atoms with E-state index in [2.05, 4.69) is 9.55 Å². The molecule has 0 radical (unpaired) electrons. The molecule has 0 amide bonds. The van der Waals surface area contributed by atoms with Crippen LogP contribution in [-0.4, -0.2) is 23.2 Å². The highest BCUT2D eigenvalue weighted by Gasteiger charge is 2.30. The molecule has 1 saturated carbocycles. The van der Waals surface area contributed by atoms with Crippen LogP contribution in [0.25, 0.3) is 11.0 Å². The van der Waals surface area contributed by atoms with Crippen LogP contribution in [0.5, 0.6) is 0 Å². The smallest absolute Gasteiger partial charge is 0.140 e. The minimum absolute atomic E-state index is 0.156. The Kier molecular flexibility index (Phi) is 3.01. The third-order valence-electron chi connectivity index (χ3n) is 3.38. The van der Waals surface area contributed by atoms with Crippen LogP contribution in [0.3, 0.4) is 0 Å². The third-order valence-corrected chi connectivity index (χ3v) is 3.61. The average molecular weight is 266 g/mol. The summed E-state index contributed by atoms with van der Waals surface area (Å²) in [5.41, 5.74) is 7.79. The standard InChI is InChI=1S/C13H16ClN3O/c1-18-12(7-15)13-16-10-6-8(14)2-5-11(10)17(13)9-3-4-9/h2,5-6,9,12H,3-4,7,15H2,1H3. The quantitative estimate of drug-likeness (QED) is 0.925. The Hall–Kier alpha value is -1.10. The molecule has 5 heteroatoms. The van der Waals surface area contributed by atoms with E-state index >= 15 is 0 Å². The molecule has 96 valence electrons. The summed E-state index contributed by atoms with van der Waals surface area (Å²) in [4.78, 5) is 4.65. The normalized spacial score (nSPS) is 17.3. The van der Waals surface area contributed by atoms with Gasteiger partial charge in [-0.05, 0) is 31.0 Å². The van der Waals surface area contributed by atoms with Crippen LogP contribution in [0, 0.1) is 0 Å². The zero-order valence-electron chi connectivity index (χ0n) is 10.3. The number of hydrogen-bond donors (Lipinski definition) is 1. The molecular formula is C13H16ClN3O. The van der Waals surface area contributed by atoms with Crippen LogP contribution in [0.1, 0.15) is 30.8 Å². The van der Waals surface area contributed by atoms with Crippen LogP contribution in [0.2, 0.25) is 5.02 Å². The molecule has 1 aliphatic carbocycles. The largest absolute Gasteiger partial charge is 0.372 e. The number of ether oxygens (including phenoxy) is 1. The Morgan fingerprint density at radius 2 is 2.33 bits per heavy atom. The molecule has 0 spiro atoms. The summed E-state index contributed by atoms with van der Waals surface area (Å²) in [7, 11) is 1.67. The summed E-state index contributed by atoms with van der Waals surface area (Å²) < 4.78 is 7.68. The Morgan fingerprint density at radius 1 is 1.56 bits per heavy atom. The van der Waals surface area contributed by atoms with Crippen molar-refractivity contribution in [2.75, 3.05) is 13.7 Å². The Morgan fingerprint density at radius 3 is 2.94 bits per heavy atom. The molecule has 3 rings (SSSR count). The van der Waals surface area contributed by atoms with Gasteiger partial charge in [0.05, 0.1) is 11.0 Å². The SMILES string of the molecule is COC(CN)c1nc2cc(Cl)ccc2n1C1CC1. The van der Waals surface area contributed by atoms with Crippen molar-refractivity contribution in [3.63, 3.8) is 0 Å². The Balaban J connectivity index is 2.19. The highest BCUT2D eigenvalue weighted by molar-refractivity contribution is 6.31. The second-order valence-electron chi connectivity index (χ2n) is 4.66. The molecular weight excluding hydrogens is 250 g/mol. The van der Waals surface area contributed by atoms with E-state index in [-0.39, 0.29) is 6.10 Å². The number of fused-ring (bicyclic) bond motifs is 1. The van der Waals surface area contributed by atoms with Gasteiger partial charge in [-0.3, -0.25) is 0 Å². The summed E-state index contributed by atoms with van der Waals surface area (Å²) in [6.45, 7) is 0.431. The van der Waals surface area contributed by atoms with Gasteiger partial charge < -0.3 is 15.0 Å². The molecule has 1 aliphatic rings. The van der Waals surface area contributed by atoms with Crippen LogP contribution in [0.4, 0.5) is 0 Å². The van der Waals surface area contributed by atoms with Gasteiger partial charge in [0.2, 0.25) is 0 Å². The first-order valence-corrected chi connectivity index (χ1v) is 6.52. The maximum absolute atomic E-state index is 6.02. The van der Waals surface area contributed by atoms with Gasteiger partial charge in [0.1, 0.15) is 11.9 Å². The van der Waals surface area contributed by atoms with Crippen LogP contribution in [-0.2, 0) is 4.74 Å². The number of nitrogens with zero attached hydrogens (tertiary/aromatic N) is 2. The highest BCUT2D eigenvalue weighted by atomic mass is 35.5. The van der Waals surface area contributed by atoms with Gasteiger partial charge in [0, 0.05) is 24.7 Å².